The summed E-state index contributed by atoms with van der Waals surface area (Å²) in [5.74, 6) is 1.97. The minimum atomic E-state index is -0.447. The second-order valence-electron chi connectivity index (χ2n) is 8.25. The summed E-state index contributed by atoms with van der Waals surface area (Å²) in [7, 11) is 0. The third kappa shape index (κ3) is 5.08. The van der Waals surface area contributed by atoms with Gasteiger partial charge in [-0.05, 0) is 62.2 Å². The van der Waals surface area contributed by atoms with Gasteiger partial charge in [0.05, 0.1) is 6.61 Å². The lowest BCUT2D eigenvalue weighted by molar-refractivity contribution is -0.165. The first-order valence-corrected chi connectivity index (χ1v) is 10.2. The zero-order chi connectivity index (χ0) is 17.6. The standard InChI is InChI=1S/C21H32O4/c1-2-3-4-5-6-9-24-19(22)7-8-20(23)25-21-17-11-15-10-16(13-17)14-18(21)12-15/h7-8,15-18,21H,2-6,9-14H2,1H3/b8-7+. The number of hydrogen-bond acceptors (Lipinski definition) is 4. The van der Waals surface area contributed by atoms with Crippen LogP contribution in [0.3, 0.4) is 0 Å². The molecule has 4 heteroatoms. The summed E-state index contributed by atoms with van der Waals surface area (Å²) < 4.78 is 10.8. The number of carbonyl (C=O) groups excluding carboxylic acids is 2. The van der Waals surface area contributed by atoms with Crippen molar-refractivity contribution in [2.24, 2.45) is 23.7 Å². The van der Waals surface area contributed by atoms with E-state index in [1.807, 2.05) is 0 Å². The highest BCUT2D eigenvalue weighted by Gasteiger charge is 2.49. The van der Waals surface area contributed by atoms with Crippen molar-refractivity contribution in [3.05, 3.63) is 12.2 Å². The molecule has 0 aliphatic heterocycles. The summed E-state index contributed by atoms with van der Waals surface area (Å²) >= 11 is 0. The number of esters is 2. The predicted octanol–water partition coefficient (Wildman–Crippen LogP) is 4.42. The molecule has 140 valence electrons. The Bertz CT molecular complexity index is 468. The maximum atomic E-state index is 12.1. The van der Waals surface area contributed by atoms with Crippen molar-refractivity contribution < 1.29 is 19.1 Å². The summed E-state index contributed by atoms with van der Waals surface area (Å²) in [6, 6.07) is 0. The van der Waals surface area contributed by atoms with Crippen LogP contribution in [0.15, 0.2) is 12.2 Å². The van der Waals surface area contributed by atoms with Crippen LogP contribution in [0.4, 0.5) is 0 Å². The fourth-order valence-electron chi connectivity index (χ4n) is 5.30. The molecule has 0 unspecified atom stereocenters. The van der Waals surface area contributed by atoms with E-state index in [1.165, 1.54) is 63.5 Å². The normalized spacial score (nSPS) is 32.9. The molecular weight excluding hydrogens is 316 g/mol. The largest absolute Gasteiger partial charge is 0.463 e. The molecule has 4 aliphatic carbocycles. The Kier molecular flexibility index (Phi) is 6.55. The van der Waals surface area contributed by atoms with Crippen molar-refractivity contribution in [1.29, 1.82) is 0 Å². The molecule has 0 aromatic rings. The van der Waals surface area contributed by atoms with Crippen LogP contribution in [-0.4, -0.2) is 24.6 Å². The van der Waals surface area contributed by atoms with E-state index < -0.39 is 11.9 Å². The molecule has 4 saturated carbocycles. The van der Waals surface area contributed by atoms with Crippen LogP contribution in [-0.2, 0) is 19.1 Å². The van der Waals surface area contributed by atoms with E-state index in [9.17, 15) is 9.59 Å². The van der Waals surface area contributed by atoms with Crippen molar-refractivity contribution >= 4 is 11.9 Å². The molecule has 0 atom stereocenters. The smallest absolute Gasteiger partial charge is 0.331 e. The molecule has 0 saturated heterocycles. The van der Waals surface area contributed by atoms with Gasteiger partial charge in [-0.25, -0.2) is 9.59 Å². The third-order valence-electron chi connectivity index (χ3n) is 6.24. The van der Waals surface area contributed by atoms with Crippen LogP contribution < -0.4 is 0 Å². The number of hydrogen-bond donors (Lipinski definition) is 0. The van der Waals surface area contributed by atoms with Crippen LogP contribution >= 0.6 is 0 Å². The Morgan fingerprint density at radius 2 is 1.44 bits per heavy atom. The van der Waals surface area contributed by atoms with Crippen molar-refractivity contribution in [3.8, 4) is 0 Å². The molecule has 0 heterocycles. The highest BCUT2D eigenvalue weighted by atomic mass is 16.5. The Morgan fingerprint density at radius 1 is 0.840 bits per heavy atom. The number of ether oxygens (including phenoxy) is 2. The highest BCUT2D eigenvalue weighted by Crippen LogP contribution is 2.54. The molecule has 4 bridgehead atoms. The van der Waals surface area contributed by atoms with Gasteiger partial charge < -0.3 is 9.47 Å². The predicted molar refractivity (Wildman–Crippen MR) is 95.8 cm³/mol. The van der Waals surface area contributed by atoms with E-state index in [4.69, 9.17) is 9.47 Å². The fraction of sp³-hybridized carbons (Fsp3) is 0.810. The van der Waals surface area contributed by atoms with Gasteiger partial charge in [0.25, 0.3) is 0 Å². The van der Waals surface area contributed by atoms with E-state index in [2.05, 4.69) is 6.92 Å². The van der Waals surface area contributed by atoms with Gasteiger partial charge in [-0.2, -0.15) is 0 Å². The topological polar surface area (TPSA) is 52.6 Å². The van der Waals surface area contributed by atoms with Crippen LogP contribution in [0, 0.1) is 23.7 Å². The van der Waals surface area contributed by atoms with E-state index in [-0.39, 0.29) is 6.10 Å². The van der Waals surface area contributed by atoms with Crippen molar-refractivity contribution in [3.63, 3.8) is 0 Å². The fourth-order valence-corrected chi connectivity index (χ4v) is 5.30. The van der Waals surface area contributed by atoms with Crippen LogP contribution in [0.2, 0.25) is 0 Å². The molecule has 4 nitrogen and oxygen atoms in total. The van der Waals surface area contributed by atoms with Crippen molar-refractivity contribution in [2.45, 2.75) is 77.2 Å². The van der Waals surface area contributed by atoms with Crippen molar-refractivity contribution in [1.82, 2.24) is 0 Å². The van der Waals surface area contributed by atoms with E-state index >= 15 is 0 Å². The van der Waals surface area contributed by atoms with Gasteiger partial charge in [0, 0.05) is 12.2 Å². The molecule has 0 aromatic carbocycles. The van der Waals surface area contributed by atoms with Gasteiger partial charge in [0.15, 0.2) is 0 Å². The van der Waals surface area contributed by atoms with Gasteiger partial charge in [0.1, 0.15) is 6.10 Å². The number of unbranched alkanes of at least 4 members (excludes halogenated alkanes) is 4. The molecule has 25 heavy (non-hydrogen) atoms. The summed E-state index contributed by atoms with van der Waals surface area (Å²) in [6.07, 6.45) is 14.4. The molecular formula is C21H32O4. The Labute approximate surface area is 151 Å². The molecule has 0 radical (unpaired) electrons. The van der Waals surface area contributed by atoms with Gasteiger partial charge in [0.2, 0.25) is 0 Å². The Morgan fingerprint density at radius 3 is 2.08 bits per heavy atom. The zero-order valence-electron chi connectivity index (χ0n) is 15.5. The monoisotopic (exact) mass is 348 g/mol. The first kappa shape index (κ1) is 18.5. The Balaban J connectivity index is 1.35. The van der Waals surface area contributed by atoms with Gasteiger partial charge in [-0.3, -0.25) is 0 Å². The summed E-state index contributed by atoms with van der Waals surface area (Å²) in [4.78, 5) is 23.7. The quantitative estimate of drug-likeness (QED) is 0.351. The minimum Gasteiger partial charge on any atom is -0.463 e. The molecule has 0 aromatic heterocycles. The Hall–Kier alpha value is -1.32. The zero-order valence-corrected chi connectivity index (χ0v) is 15.5. The van der Waals surface area contributed by atoms with Gasteiger partial charge >= 0.3 is 11.9 Å². The molecule has 0 amide bonds. The van der Waals surface area contributed by atoms with Crippen LogP contribution in [0.5, 0.6) is 0 Å². The van der Waals surface area contributed by atoms with E-state index in [0.717, 1.165) is 24.7 Å². The number of rotatable bonds is 9. The van der Waals surface area contributed by atoms with E-state index in [1.54, 1.807) is 0 Å². The SMILES string of the molecule is CCCCCCCOC(=O)/C=C/C(=O)OC1C2CC3CC(C2)CC1C3. The molecule has 4 aliphatic rings. The summed E-state index contributed by atoms with van der Waals surface area (Å²) in [6.45, 7) is 2.60. The number of carbonyl (C=O) groups is 2. The maximum absolute atomic E-state index is 12.1. The van der Waals surface area contributed by atoms with Gasteiger partial charge in [-0.1, -0.05) is 32.6 Å². The van der Waals surface area contributed by atoms with Crippen LogP contribution in [0.25, 0.3) is 0 Å². The third-order valence-corrected chi connectivity index (χ3v) is 6.24. The lowest BCUT2D eigenvalue weighted by Crippen LogP contribution is -2.49. The summed E-state index contributed by atoms with van der Waals surface area (Å²) in [5.41, 5.74) is 0. The van der Waals surface area contributed by atoms with Crippen molar-refractivity contribution in [2.75, 3.05) is 6.61 Å². The first-order chi connectivity index (χ1) is 12.2. The molecule has 0 N–H and O–H groups in total. The lowest BCUT2D eigenvalue weighted by atomic mass is 9.55. The van der Waals surface area contributed by atoms with E-state index in [0.29, 0.717) is 18.4 Å². The summed E-state index contributed by atoms with van der Waals surface area (Å²) in [5, 5.41) is 0. The highest BCUT2D eigenvalue weighted by molar-refractivity contribution is 5.91. The van der Waals surface area contributed by atoms with Gasteiger partial charge in [-0.15, -0.1) is 0 Å². The molecule has 4 rings (SSSR count). The van der Waals surface area contributed by atoms with Crippen LogP contribution in [0.1, 0.15) is 71.1 Å². The molecule has 0 spiro atoms. The lowest BCUT2D eigenvalue weighted by Gasteiger charge is -2.53. The minimum absolute atomic E-state index is 0.0690. The average Bonchev–Trinajstić information content (AvgIpc) is 2.58. The first-order valence-electron chi connectivity index (χ1n) is 10.2. The second kappa shape index (κ2) is 8.86. The molecule has 4 fully saturated rings. The maximum Gasteiger partial charge on any atom is 0.331 e. The average molecular weight is 348 g/mol. The second-order valence-corrected chi connectivity index (χ2v) is 8.25.